The Morgan fingerprint density at radius 1 is 1.19 bits per heavy atom. The van der Waals surface area contributed by atoms with E-state index in [-0.39, 0.29) is 11.3 Å². The molecule has 0 atom stereocenters. The number of nitrogens with zero attached hydrogens (tertiary/aromatic N) is 4. The molecule has 7 heteroatoms. The molecule has 0 spiro atoms. The molecule has 1 aliphatic heterocycles. The number of rotatable bonds is 3. The number of anilines is 1. The number of aromatic nitrogens is 3. The van der Waals surface area contributed by atoms with Gasteiger partial charge in [0.2, 0.25) is 11.2 Å². The van der Waals surface area contributed by atoms with Gasteiger partial charge in [-0.1, -0.05) is 15.9 Å². The Kier molecular flexibility index (Phi) is 4.26. The van der Waals surface area contributed by atoms with Gasteiger partial charge in [0.15, 0.2) is 0 Å². The molecule has 3 rings (SSSR count). The summed E-state index contributed by atoms with van der Waals surface area (Å²) >= 11 is 9.41. The van der Waals surface area contributed by atoms with Crippen molar-refractivity contribution in [3.63, 3.8) is 0 Å². The number of hydrogen-bond acceptors (Lipinski definition) is 5. The fraction of sp³-hybridized carbons (Fsp3) is 0.357. The summed E-state index contributed by atoms with van der Waals surface area (Å²) in [6, 6.07) is 5.97. The van der Waals surface area contributed by atoms with E-state index in [0.29, 0.717) is 11.7 Å². The highest BCUT2D eigenvalue weighted by Gasteiger charge is 2.18. The minimum absolute atomic E-state index is 0.150. The van der Waals surface area contributed by atoms with E-state index in [1.165, 1.54) is 0 Å². The Hall–Kier alpha value is -1.40. The Morgan fingerprint density at radius 2 is 1.95 bits per heavy atom. The van der Waals surface area contributed by atoms with Crippen LogP contribution in [-0.4, -0.2) is 28.0 Å². The van der Waals surface area contributed by atoms with Gasteiger partial charge in [-0.05, 0) is 55.1 Å². The zero-order valence-electron chi connectivity index (χ0n) is 11.5. The van der Waals surface area contributed by atoms with Crippen molar-refractivity contribution in [3.8, 4) is 11.8 Å². The highest BCUT2D eigenvalue weighted by molar-refractivity contribution is 9.10. The molecular weight excluding hydrogens is 356 g/mol. The molecule has 1 aliphatic rings. The molecule has 0 unspecified atom stereocenters. The maximum atomic E-state index is 5.98. The van der Waals surface area contributed by atoms with Crippen molar-refractivity contribution < 1.29 is 4.74 Å². The third-order valence-electron chi connectivity index (χ3n) is 3.30. The van der Waals surface area contributed by atoms with Crippen LogP contribution in [0.3, 0.4) is 0 Å². The summed E-state index contributed by atoms with van der Waals surface area (Å²) in [4.78, 5) is 14.7. The van der Waals surface area contributed by atoms with Gasteiger partial charge in [-0.25, -0.2) is 0 Å². The first kappa shape index (κ1) is 14.5. The predicted octanol–water partition coefficient (Wildman–Crippen LogP) is 3.99. The molecular formula is C14H14BrClN4O. The second-order valence-corrected chi connectivity index (χ2v) is 6.15. The largest absolute Gasteiger partial charge is 0.424 e. The molecule has 0 radical (unpaired) electrons. The monoisotopic (exact) mass is 368 g/mol. The van der Waals surface area contributed by atoms with Crippen LogP contribution in [0.25, 0.3) is 0 Å². The molecule has 2 heterocycles. The van der Waals surface area contributed by atoms with Crippen LogP contribution in [0.4, 0.5) is 5.95 Å². The van der Waals surface area contributed by atoms with Crippen molar-refractivity contribution >= 4 is 33.5 Å². The molecule has 2 aromatic rings. The zero-order chi connectivity index (χ0) is 14.8. The summed E-state index contributed by atoms with van der Waals surface area (Å²) in [6.07, 6.45) is 2.29. The lowest BCUT2D eigenvalue weighted by atomic mass is 10.2. The maximum Gasteiger partial charge on any atom is 0.328 e. The highest BCUT2D eigenvalue weighted by Crippen LogP contribution is 2.27. The smallest absolute Gasteiger partial charge is 0.328 e. The topological polar surface area (TPSA) is 51.1 Å². The number of aryl methyl sites for hydroxylation is 1. The lowest BCUT2D eigenvalue weighted by molar-refractivity contribution is 0.436. The number of ether oxygens (including phenoxy) is 1. The molecule has 1 aromatic heterocycles. The van der Waals surface area contributed by atoms with E-state index in [4.69, 9.17) is 16.3 Å². The lowest BCUT2D eigenvalue weighted by Crippen LogP contribution is -2.21. The third-order valence-corrected chi connectivity index (χ3v) is 3.97. The van der Waals surface area contributed by atoms with Crippen molar-refractivity contribution in [1.82, 2.24) is 15.0 Å². The highest BCUT2D eigenvalue weighted by atomic mass is 79.9. The lowest BCUT2D eigenvalue weighted by Gasteiger charge is -2.15. The average Bonchev–Trinajstić information content (AvgIpc) is 2.95. The SMILES string of the molecule is Cc1cc(Br)ccc1Oc1nc(Cl)nc(N2CCCC2)n1. The molecule has 1 aromatic carbocycles. The van der Waals surface area contributed by atoms with Crippen LogP contribution in [0, 0.1) is 6.92 Å². The van der Waals surface area contributed by atoms with Gasteiger partial charge in [0.05, 0.1) is 0 Å². The molecule has 0 N–H and O–H groups in total. The first-order valence-electron chi connectivity index (χ1n) is 6.72. The standard InChI is InChI=1S/C14H14BrClN4O/c1-9-8-10(15)4-5-11(9)21-14-18-12(16)17-13(19-14)20-6-2-3-7-20/h4-5,8H,2-3,6-7H2,1H3. The molecule has 110 valence electrons. The van der Waals surface area contributed by atoms with E-state index in [0.717, 1.165) is 36.0 Å². The summed E-state index contributed by atoms with van der Waals surface area (Å²) in [5.74, 6) is 1.28. The van der Waals surface area contributed by atoms with Crippen LogP contribution in [0.1, 0.15) is 18.4 Å². The quantitative estimate of drug-likeness (QED) is 0.819. The summed E-state index contributed by atoms with van der Waals surface area (Å²) in [5.41, 5.74) is 0.989. The van der Waals surface area contributed by atoms with Crippen molar-refractivity contribution in [3.05, 3.63) is 33.5 Å². The van der Waals surface area contributed by atoms with Gasteiger partial charge in [0.25, 0.3) is 0 Å². The van der Waals surface area contributed by atoms with Gasteiger partial charge in [0.1, 0.15) is 5.75 Å². The van der Waals surface area contributed by atoms with E-state index in [9.17, 15) is 0 Å². The molecule has 0 bridgehead atoms. The summed E-state index contributed by atoms with van der Waals surface area (Å²) in [7, 11) is 0. The van der Waals surface area contributed by atoms with Crippen LogP contribution >= 0.6 is 27.5 Å². The summed E-state index contributed by atoms with van der Waals surface area (Å²) < 4.78 is 6.75. The average molecular weight is 370 g/mol. The fourth-order valence-electron chi connectivity index (χ4n) is 2.25. The van der Waals surface area contributed by atoms with Gasteiger partial charge in [-0.15, -0.1) is 0 Å². The predicted molar refractivity (Wildman–Crippen MR) is 85.2 cm³/mol. The van der Waals surface area contributed by atoms with E-state index >= 15 is 0 Å². The van der Waals surface area contributed by atoms with Crippen LogP contribution in [0.15, 0.2) is 22.7 Å². The molecule has 5 nitrogen and oxygen atoms in total. The summed E-state index contributed by atoms with van der Waals surface area (Å²) in [6.45, 7) is 3.85. The molecule has 0 saturated carbocycles. The molecule has 21 heavy (non-hydrogen) atoms. The normalized spacial score (nSPS) is 14.5. The summed E-state index contributed by atoms with van der Waals surface area (Å²) in [5, 5.41) is 0.150. The molecule has 1 saturated heterocycles. The molecule has 0 amide bonds. The molecule has 0 aliphatic carbocycles. The van der Waals surface area contributed by atoms with Gasteiger partial charge in [-0.3, -0.25) is 0 Å². The number of benzene rings is 1. The first-order chi connectivity index (χ1) is 10.1. The second kappa shape index (κ2) is 6.15. The van der Waals surface area contributed by atoms with E-state index in [2.05, 4.69) is 35.8 Å². The van der Waals surface area contributed by atoms with E-state index < -0.39 is 0 Å². The minimum Gasteiger partial charge on any atom is -0.424 e. The number of halogens is 2. The van der Waals surface area contributed by atoms with Gasteiger partial charge >= 0.3 is 6.01 Å². The van der Waals surface area contributed by atoms with Crippen LogP contribution in [0.2, 0.25) is 5.28 Å². The maximum absolute atomic E-state index is 5.98. The zero-order valence-corrected chi connectivity index (χ0v) is 13.9. The van der Waals surface area contributed by atoms with Gasteiger partial charge in [0, 0.05) is 17.6 Å². The number of hydrogen-bond donors (Lipinski definition) is 0. The van der Waals surface area contributed by atoms with Crippen LogP contribution in [0.5, 0.6) is 11.8 Å². The Bertz CT molecular complexity index is 661. The van der Waals surface area contributed by atoms with E-state index in [1.807, 2.05) is 25.1 Å². The van der Waals surface area contributed by atoms with Crippen molar-refractivity contribution in [1.29, 1.82) is 0 Å². The Balaban J connectivity index is 1.87. The van der Waals surface area contributed by atoms with Crippen molar-refractivity contribution in [2.45, 2.75) is 19.8 Å². The van der Waals surface area contributed by atoms with Crippen molar-refractivity contribution in [2.24, 2.45) is 0 Å². The Morgan fingerprint density at radius 3 is 2.67 bits per heavy atom. The van der Waals surface area contributed by atoms with Gasteiger partial charge < -0.3 is 9.64 Å². The fourth-order valence-corrected chi connectivity index (χ4v) is 2.88. The first-order valence-corrected chi connectivity index (χ1v) is 7.89. The van der Waals surface area contributed by atoms with Crippen LogP contribution in [-0.2, 0) is 0 Å². The molecule has 1 fully saturated rings. The minimum atomic E-state index is 0.150. The van der Waals surface area contributed by atoms with Crippen LogP contribution < -0.4 is 9.64 Å². The van der Waals surface area contributed by atoms with Gasteiger partial charge in [-0.2, -0.15) is 15.0 Å². The van der Waals surface area contributed by atoms with Crippen molar-refractivity contribution in [2.75, 3.05) is 18.0 Å². The van der Waals surface area contributed by atoms with E-state index in [1.54, 1.807) is 0 Å². The second-order valence-electron chi connectivity index (χ2n) is 4.89. The Labute approximate surface area is 136 Å². The third kappa shape index (κ3) is 3.44.